The number of fused-ring (bicyclic) bond motifs is 9. The van der Waals surface area contributed by atoms with Gasteiger partial charge in [0.25, 0.3) is 0 Å². The van der Waals surface area contributed by atoms with Crippen LogP contribution in [0.4, 0.5) is 27.8 Å². The van der Waals surface area contributed by atoms with Crippen LogP contribution in [0.1, 0.15) is 70.4 Å². The van der Waals surface area contributed by atoms with Gasteiger partial charge in [0, 0.05) is 51.7 Å². The quantitative estimate of drug-likeness (QED) is 0.0321. The van der Waals surface area contributed by atoms with E-state index in [9.17, 15) is 39.0 Å². The molecule has 2 unspecified atom stereocenters. The number of rotatable bonds is 14. The second kappa shape index (κ2) is 25.7. The predicted molar refractivity (Wildman–Crippen MR) is 345 cm³/mol. The fourth-order valence-electron chi connectivity index (χ4n) is 12.1. The number of carbonyl (C=O) groups is 5. The van der Waals surface area contributed by atoms with Gasteiger partial charge in [-0.3, -0.25) is 4.79 Å². The minimum Gasteiger partial charge on any atom is -0.458 e. The Morgan fingerprint density at radius 3 is 1.26 bits per heavy atom. The maximum absolute atomic E-state index is 15.4. The van der Waals surface area contributed by atoms with E-state index in [1.54, 1.807) is 158 Å². The van der Waals surface area contributed by atoms with E-state index in [1.165, 1.54) is 0 Å². The summed E-state index contributed by atoms with van der Waals surface area (Å²) in [6.45, 7) is -1.60. The number of allylic oxidation sites excluding steroid dienone is 10. The highest BCUT2D eigenvalue weighted by Gasteiger charge is 2.63. The Bertz CT molecular complexity index is 5160. The largest absolute Gasteiger partial charge is 0.458 e. The van der Waals surface area contributed by atoms with Crippen molar-refractivity contribution < 1.29 is 70.0 Å². The molecule has 8 aromatic rings. The smallest absolute Gasteiger partial charge is 0.369 e. The summed E-state index contributed by atoms with van der Waals surface area (Å²) in [4.78, 5) is 94.8. The number of benzene rings is 6. The molecule has 0 saturated carbocycles. The molecule has 482 valence electrons. The normalized spacial score (nSPS) is 17.5. The molecular formula is C74H40F4N8O11S2. The maximum atomic E-state index is 15.4. The van der Waals surface area contributed by atoms with E-state index in [4.69, 9.17) is 43.4 Å². The number of ketones is 1. The van der Waals surface area contributed by atoms with E-state index in [2.05, 4.69) is 4.99 Å². The molecule has 0 bridgehead atoms. The average molecular weight is 1360 g/mol. The monoisotopic (exact) mass is 1360 g/mol. The number of nitrogens with zero attached hydrogens (tertiary/aromatic N) is 8. The molecular weight excluding hydrogens is 1320 g/mol. The summed E-state index contributed by atoms with van der Waals surface area (Å²) < 4.78 is 97.3. The molecule has 0 amide bonds. The highest BCUT2D eigenvalue weighted by atomic mass is 32.1. The maximum Gasteiger partial charge on any atom is 0.369 e. The molecule has 19 nitrogen and oxygen atoms in total. The number of carbonyl (C=O) groups excluding carboxylic acids is 5. The summed E-state index contributed by atoms with van der Waals surface area (Å²) in [6.07, 6.45) is 6.22. The van der Waals surface area contributed by atoms with Crippen LogP contribution in [0.25, 0.3) is 22.3 Å². The Labute approximate surface area is 566 Å². The van der Waals surface area contributed by atoms with Gasteiger partial charge in [0.2, 0.25) is 16.0 Å². The standard InChI is InChI=1S/C74H40F4N8O11S2/c75-52-23-44-24-56(59(45(30-79)31-80)47(44)27-53(52)76)83-71-85-65-63(98-71)50-21-42-26-58-51(22-43(42)25-57(50)96-73(65,67(88)92-34-38-13-5-1-6-14-38)68(89)93-35-39-15-7-2-8-16-39)64-66(86-72(99-64)84-61-60(46(32-81)33-82)48-28-54(77)55(78)29-49(48)62(61)87)74(97-58,69(90)94-36-40-17-9-3-10-18-40)70(91)95-37-41-19-11-4-12-20-41/h1-23,25-29,42-43H,24,34-37H2. The van der Waals surface area contributed by atoms with Gasteiger partial charge < -0.3 is 28.4 Å². The SMILES string of the molecule is N#CC(C#N)=C1C(=Nc2nc3c(s2)C2=CC4C=C5OC(C(=O)OCc6ccccc6)(C(=O)OCc6ccccc6)c6nc(N=C7C(=O)c8cc(F)c(F)cc8C7=C(C#N)C#N)sc6C5=CC4C=C2OC3(C(=O)OCc2ccccc2)C(=O)OCc2ccccc2)Cc2cc(F)c(F)cc21. The topological polar surface area (TPSA) is 286 Å². The zero-order chi connectivity index (χ0) is 68.9. The van der Waals surface area contributed by atoms with Crippen LogP contribution in [0.5, 0.6) is 0 Å². The first-order valence-electron chi connectivity index (χ1n) is 30.0. The first-order valence-corrected chi connectivity index (χ1v) is 31.6. The van der Waals surface area contributed by atoms with Gasteiger partial charge in [-0.05, 0) is 69.8 Å². The second-order valence-corrected chi connectivity index (χ2v) is 24.7. The Hall–Kier alpha value is -12.8. The van der Waals surface area contributed by atoms with Crippen molar-refractivity contribution in [3.05, 3.63) is 281 Å². The molecule has 0 spiro atoms. The van der Waals surface area contributed by atoms with Crippen LogP contribution >= 0.6 is 22.7 Å². The molecule has 99 heavy (non-hydrogen) atoms. The number of aliphatic imine (C=N–C) groups is 2. The van der Waals surface area contributed by atoms with Crippen LogP contribution in [0.3, 0.4) is 0 Å². The fourth-order valence-corrected chi connectivity index (χ4v) is 14.2. The molecule has 2 aromatic heterocycles. The van der Waals surface area contributed by atoms with Crippen molar-refractivity contribution >= 4 is 96.3 Å². The minimum atomic E-state index is -2.97. The first kappa shape index (κ1) is 63.6. The highest BCUT2D eigenvalue weighted by Crippen LogP contribution is 2.57. The van der Waals surface area contributed by atoms with Gasteiger partial charge in [0.05, 0.1) is 15.5 Å². The first-order chi connectivity index (χ1) is 48.0. The highest BCUT2D eigenvalue weighted by molar-refractivity contribution is 7.17. The van der Waals surface area contributed by atoms with Gasteiger partial charge in [-0.1, -0.05) is 156 Å². The third kappa shape index (κ3) is 11.2. The van der Waals surface area contributed by atoms with Crippen molar-refractivity contribution in [3.8, 4) is 24.3 Å². The van der Waals surface area contributed by atoms with Crippen molar-refractivity contribution in [2.75, 3.05) is 0 Å². The molecule has 14 rings (SSSR count). The zero-order valence-corrected chi connectivity index (χ0v) is 52.4. The molecule has 2 atom stereocenters. The predicted octanol–water partition coefficient (Wildman–Crippen LogP) is 13.0. The van der Waals surface area contributed by atoms with E-state index < -0.39 is 128 Å². The summed E-state index contributed by atoms with van der Waals surface area (Å²) in [7, 11) is 0. The molecule has 0 N–H and O–H groups in total. The fraction of sp³-hybridized carbons (Fsp3) is 0.122. The summed E-state index contributed by atoms with van der Waals surface area (Å²) in [5, 5.41) is 40.1. The number of halogens is 4. The number of Topliss-reactive ketones (excluding diaryl/α,β-unsaturated/α-hetero) is 1. The van der Waals surface area contributed by atoms with Crippen molar-refractivity contribution in [3.63, 3.8) is 0 Å². The number of ether oxygens (including phenoxy) is 6. The summed E-state index contributed by atoms with van der Waals surface area (Å²) in [6, 6.07) is 43.9. The van der Waals surface area contributed by atoms with Crippen molar-refractivity contribution in [2.24, 2.45) is 21.8 Å². The van der Waals surface area contributed by atoms with Crippen LogP contribution in [0, 0.1) is 80.4 Å². The number of esters is 4. The van der Waals surface area contributed by atoms with Crippen molar-refractivity contribution in [1.82, 2.24) is 9.97 Å². The van der Waals surface area contributed by atoms with Gasteiger partial charge in [-0.2, -0.15) is 21.0 Å². The van der Waals surface area contributed by atoms with Crippen molar-refractivity contribution in [2.45, 2.75) is 44.1 Å². The van der Waals surface area contributed by atoms with E-state index >= 15 is 23.6 Å². The Morgan fingerprint density at radius 2 is 0.859 bits per heavy atom. The number of hydrogen-bond donors (Lipinski definition) is 0. The Kier molecular flexibility index (Phi) is 16.5. The number of thiazole rings is 2. The average Bonchev–Trinajstić information content (AvgIpc) is 1.70. The van der Waals surface area contributed by atoms with Crippen LogP contribution in [-0.4, -0.2) is 51.1 Å². The molecule has 6 aromatic carbocycles. The zero-order valence-electron chi connectivity index (χ0n) is 50.8. The van der Waals surface area contributed by atoms with Crippen LogP contribution < -0.4 is 0 Å². The molecule has 4 heterocycles. The minimum absolute atomic E-state index is 0.0107. The second-order valence-electron chi connectivity index (χ2n) is 22.7. The molecule has 0 saturated heterocycles. The molecule has 4 aliphatic carbocycles. The van der Waals surface area contributed by atoms with Crippen LogP contribution in [0.2, 0.25) is 0 Å². The summed E-state index contributed by atoms with van der Waals surface area (Å²) >= 11 is 1.52. The van der Waals surface area contributed by atoms with Crippen LogP contribution in [-0.2, 0) is 91.6 Å². The van der Waals surface area contributed by atoms with Gasteiger partial charge in [-0.15, -0.1) is 0 Å². The van der Waals surface area contributed by atoms with Gasteiger partial charge in [0.15, 0.2) is 23.3 Å². The van der Waals surface area contributed by atoms with Gasteiger partial charge >= 0.3 is 35.1 Å². The Morgan fingerprint density at radius 1 is 0.495 bits per heavy atom. The Balaban J connectivity index is 0.954. The molecule has 2 aliphatic heterocycles. The number of nitriles is 4. The molecule has 6 aliphatic rings. The van der Waals surface area contributed by atoms with Crippen molar-refractivity contribution in [1.29, 1.82) is 21.0 Å². The van der Waals surface area contributed by atoms with Crippen LogP contribution in [0.15, 0.2) is 203 Å². The van der Waals surface area contributed by atoms with E-state index in [1.807, 2.05) is 12.1 Å². The van der Waals surface area contributed by atoms with Gasteiger partial charge in [0.1, 0.15) is 90.5 Å². The van der Waals surface area contributed by atoms with E-state index in [0.29, 0.717) is 45.7 Å². The lowest BCUT2D eigenvalue weighted by molar-refractivity contribution is -0.191. The lowest BCUT2D eigenvalue weighted by Crippen LogP contribution is -2.51. The lowest BCUT2D eigenvalue weighted by atomic mass is 9.76. The third-order valence-electron chi connectivity index (χ3n) is 16.8. The molecule has 0 fully saturated rings. The molecule has 25 heteroatoms. The third-order valence-corrected chi connectivity index (χ3v) is 18.7. The molecule has 0 radical (unpaired) electrons. The van der Waals surface area contributed by atoms with E-state index in [-0.39, 0.29) is 90.9 Å². The van der Waals surface area contributed by atoms with E-state index in [0.717, 1.165) is 23.5 Å². The van der Waals surface area contributed by atoms with Gasteiger partial charge in [-0.25, -0.2) is 56.7 Å². The number of aromatic nitrogens is 2. The summed E-state index contributed by atoms with van der Waals surface area (Å²) in [5.74, 6) is -13.6. The summed E-state index contributed by atoms with van der Waals surface area (Å²) in [5.41, 5.74) is -7.39. The lowest BCUT2D eigenvalue weighted by Gasteiger charge is -2.40. The number of hydrogen-bond acceptors (Lipinski definition) is 21.